The molecule has 0 bridgehead atoms. The molecule has 1 aliphatic rings. The summed E-state index contributed by atoms with van der Waals surface area (Å²) in [4.78, 5) is 26.1. The first-order chi connectivity index (χ1) is 14.7. The topological polar surface area (TPSA) is 86.8 Å². The number of nitrogens with one attached hydrogen (secondary N) is 1. The SMILES string of the molecule is C[C@H]1CCCCN1S(=O)(=O)c1ccc(C(=O)N(C)CC(=O)Nc2cccc(F)c2)cc1. The van der Waals surface area contributed by atoms with Crippen molar-refractivity contribution in [3.8, 4) is 0 Å². The summed E-state index contributed by atoms with van der Waals surface area (Å²) in [5.74, 6) is -1.37. The van der Waals surface area contributed by atoms with Crippen LogP contribution in [-0.2, 0) is 14.8 Å². The highest BCUT2D eigenvalue weighted by Crippen LogP contribution is 2.25. The Hall–Kier alpha value is -2.78. The van der Waals surface area contributed by atoms with Gasteiger partial charge in [-0.05, 0) is 62.2 Å². The monoisotopic (exact) mass is 447 g/mol. The van der Waals surface area contributed by atoms with Crippen LogP contribution >= 0.6 is 0 Å². The summed E-state index contributed by atoms with van der Waals surface area (Å²) in [5, 5.41) is 2.53. The molecular formula is C22H26FN3O4S. The number of halogens is 1. The van der Waals surface area contributed by atoms with E-state index >= 15 is 0 Å². The Kier molecular flexibility index (Phi) is 7.07. The predicted molar refractivity (Wildman–Crippen MR) is 116 cm³/mol. The van der Waals surface area contributed by atoms with Crippen LogP contribution in [0.2, 0.25) is 0 Å². The first-order valence-corrected chi connectivity index (χ1v) is 11.6. The zero-order valence-corrected chi connectivity index (χ0v) is 18.4. The van der Waals surface area contributed by atoms with E-state index in [1.165, 1.54) is 58.7 Å². The van der Waals surface area contributed by atoms with Gasteiger partial charge in [0.25, 0.3) is 5.91 Å². The van der Waals surface area contributed by atoms with Crippen LogP contribution in [0.1, 0.15) is 36.5 Å². The Morgan fingerprint density at radius 1 is 1.16 bits per heavy atom. The summed E-state index contributed by atoms with van der Waals surface area (Å²) in [5.41, 5.74) is 0.569. The van der Waals surface area contributed by atoms with Crippen molar-refractivity contribution >= 4 is 27.5 Å². The van der Waals surface area contributed by atoms with E-state index in [9.17, 15) is 22.4 Å². The van der Waals surface area contributed by atoms with Crippen molar-refractivity contribution in [3.63, 3.8) is 0 Å². The molecule has 0 unspecified atom stereocenters. The molecule has 0 radical (unpaired) electrons. The molecule has 1 N–H and O–H groups in total. The van der Waals surface area contributed by atoms with E-state index in [4.69, 9.17) is 0 Å². The van der Waals surface area contributed by atoms with E-state index in [0.29, 0.717) is 12.2 Å². The molecule has 1 saturated heterocycles. The highest BCUT2D eigenvalue weighted by Gasteiger charge is 2.31. The molecule has 1 heterocycles. The highest BCUT2D eigenvalue weighted by atomic mass is 32.2. The Morgan fingerprint density at radius 3 is 2.52 bits per heavy atom. The summed E-state index contributed by atoms with van der Waals surface area (Å²) in [6, 6.07) is 11.2. The molecule has 9 heteroatoms. The van der Waals surface area contributed by atoms with Gasteiger partial charge in [-0.3, -0.25) is 9.59 Å². The van der Waals surface area contributed by atoms with Gasteiger partial charge < -0.3 is 10.2 Å². The molecule has 2 amide bonds. The van der Waals surface area contributed by atoms with Gasteiger partial charge in [0, 0.05) is 30.9 Å². The quantitative estimate of drug-likeness (QED) is 0.737. The first-order valence-electron chi connectivity index (χ1n) is 10.1. The Bertz CT molecular complexity index is 1060. The molecule has 166 valence electrons. The standard InChI is InChI=1S/C22H26FN3O4S/c1-16-6-3-4-13-26(16)31(29,30)20-11-9-17(10-12-20)22(28)25(2)15-21(27)24-19-8-5-7-18(23)14-19/h5,7-12,14,16H,3-4,6,13,15H2,1-2H3,(H,24,27)/t16-/m0/s1. The normalized spacial score (nSPS) is 17.2. The second-order valence-corrected chi connectivity index (χ2v) is 9.60. The average Bonchev–Trinajstić information content (AvgIpc) is 2.73. The van der Waals surface area contributed by atoms with Gasteiger partial charge in [-0.2, -0.15) is 4.31 Å². The third-order valence-electron chi connectivity index (χ3n) is 5.29. The van der Waals surface area contributed by atoms with Gasteiger partial charge in [0.1, 0.15) is 5.82 Å². The number of carbonyl (C=O) groups excluding carboxylic acids is 2. The summed E-state index contributed by atoms with van der Waals surface area (Å²) >= 11 is 0. The fraction of sp³-hybridized carbons (Fsp3) is 0.364. The Morgan fingerprint density at radius 2 is 1.87 bits per heavy atom. The third-order valence-corrected chi connectivity index (χ3v) is 7.31. The van der Waals surface area contributed by atoms with Gasteiger partial charge in [-0.1, -0.05) is 12.5 Å². The van der Waals surface area contributed by atoms with Crippen LogP contribution in [0.4, 0.5) is 10.1 Å². The van der Waals surface area contributed by atoms with Crippen molar-refractivity contribution in [1.29, 1.82) is 0 Å². The Labute approximate surface area is 181 Å². The zero-order chi connectivity index (χ0) is 22.6. The molecule has 7 nitrogen and oxygen atoms in total. The maximum Gasteiger partial charge on any atom is 0.254 e. The second kappa shape index (κ2) is 9.57. The molecule has 2 aromatic carbocycles. The number of carbonyl (C=O) groups is 2. The van der Waals surface area contributed by atoms with Crippen LogP contribution in [0.5, 0.6) is 0 Å². The molecule has 1 aliphatic heterocycles. The lowest BCUT2D eigenvalue weighted by Crippen LogP contribution is -2.41. The first kappa shape index (κ1) is 22.9. The number of likely N-dealkylation sites (N-methyl/N-ethyl adjacent to an activating group) is 1. The van der Waals surface area contributed by atoms with E-state index in [1.54, 1.807) is 6.07 Å². The minimum Gasteiger partial charge on any atom is -0.332 e. The number of anilines is 1. The maximum absolute atomic E-state index is 13.2. The lowest BCUT2D eigenvalue weighted by atomic mass is 10.1. The number of hydrogen-bond donors (Lipinski definition) is 1. The lowest BCUT2D eigenvalue weighted by molar-refractivity contribution is -0.116. The van der Waals surface area contributed by atoms with Crippen molar-refractivity contribution in [3.05, 3.63) is 59.9 Å². The molecule has 1 atom stereocenters. The van der Waals surface area contributed by atoms with E-state index in [1.807, 2.05) is 6.92 Å². The van der Waals surface area contributed by atoms with Gasteiger partial charge in [0.2, 0.25) is 15.9 Å². The maximum atomic E-state index is 13.2. The van der Waals surface area contributed by atoms with Gasteiger partial charge in [-0.15, -0.1) is 0 Å². The highest BCUT2D eigenvalue weighted by molar-refractivity contribution is 7.89. The van der Waals surface area contributed by atoms with Gasteiger partial charge in [-0.25, -0.2) is 12.8 Å². The number of sulfonamides is 1. The number of rotatable bonds is 6. The van der Waals surface area contributed by atoms with Crippen molar-refractivity contribution in [2.45, 2.75) is 37.1 Å². The largest absolute Gasteiger partial charge is 0.332 e. The summed E-state index contributed by atoms with van der Waals surface area (Å²) in [7, 11) is -2.15. The number of benzene rings is 2. The van der Waals surface area contributed by atoms with Crippen molar-refractivity contribution < 1.29 is 22.4 Å². The third kappa shape index (κ3) is 5.48. The van der Waals surface area contributed by atoms with Gasteiger partial charge in [0.05, 0.1) is 11.4 Å². The van der Waals surface area contributed by atoms with Crippen LogP contribution in [-0.4, -0.2) is 55.6 Å². The van der Waals surface area contributed by atoms with Gasteiger partial charge in [0.15, 0.2) is 0 Å². The van der Waals surface area contributed by atoms with Crippen LogP contribution < -0.4 is 5.32 Å². The van der Waals surface area contributed by atoms with Crippen molar-refractivity contribution in [2.24, 2.45) is 0 Å². The average molecular weight is 448 g/mol. The number of hydrogen-bond acceptors (Lipinski definition) is 4. The molecule has 0 aromatic heterocycles. The van der Waals surface area contributed by atoms with Crippen molar-refractivity contribution in [2.75, 3.05) is 25.5 Å². The van der Waals surface area contributed by atoms with Gasteiger partial charge >= 0.3 is 0 Å². The summed E-state index contributed by atoms with van der Waals surface area (Å²) in [6.45, 7) is 2.16. The number of nitrogens with zero attached hydrogens (tertiary/aromatic N) is 2. The van der Waals surface area contributed by atoms with E-state index in [0.717, 1.165) is 19.3 Å². The predicted octanol–water partition coefficient (Wildman–Crippen LogP) is 3.10. The smallest absolute Gasteiger partial charge is 0.254 e. The van der Waals surface area contributed by atoms with Crippen LogP contribution in [0, 0.1) is 5.82 Å². The molecule has 1 fully saturated rings. The van der Waals surface area contributed by atoms with E-state index in [-0.39, 0.29) is 23.0 Å². The molecule has 0 aliphatic carbocycles. The molecule has 0 saturated carbocycles. The molecular weight excluding hydrogens is 421 g/mol. The van der Waals surface area contributed by atoms with Crippen LogP contribution in [0.15, 0.2) is 53.4 Å². The molecule has 2 aromatic rings. The fourth-order valence-corrected chi connectivity index (χ4v) is 5.31. The Balaban J connectivity index is 1.64. The molecule has 3 rings (SSSR count). The number of amides is 2. The lowest BCUT2D eigenvalue weighted by Gasteiger charge is -2.32. The van der Waals surface area contributed by atoms with E-state index < -0.39 is 27.7 Å². The molecule has 0 spiro atoms. The van der Waals surface area contributed by atoms with Crippen LogP contribution in [0.25, 0.3) is 0 Å². The minimum absolute atomic E-state index is 0.0530. The summed E-state index contributed by atoms with van der Waals surface area (Å²) < 4.78 is 40.5. The molecule has 31 heavy (non-hydrogen) atoms. The minimum atomic E-state index is -3.62. The summed E-state index contributed by atoms with van der Waals surface area (Å²) in [6.07, 6.45) is 2.68. The zero-order valence-electron chi connectivity index (χ0n) is 17.5. The number of piperidine rings is 1. The second-order valence-electron chi connectivity index (χ2n) is 7.70. The fourth-order valence-electron chi connectivity index (χ4n) is 3.61. The van der Waals surface area contributed by atoms with Crippen molar-refractivity contribution in [1.82, 2.24) is 9.21 Å². The van der Waals surface area contributed by atoms with Crippen LogP contribution in [0.3, 0.4) is 0 Å². The van der Waals surface area contributed by atoms with E-state index in [2.05, 4.69) is 5.32 Å².